The van der Waals surface area contributed by atoms with E-state index in [2.05, 4.69) is 42.0 Å². The molecular weight excluding hydrogens is 202 g/mol. The highest BCUT2D eigenvalue weighted by Crippen LogP contribution is 2.05. The van der Waals surface area contributed by atoms with Crippen LogP contribution in [0.2, 0.25) is 0 Å². The summed E-state index contributed by atoms with van der Waals surface area (Å²) in [5.41, 5.74) is 0. The standard InChI is InChI=1S/C9H20BrN/c1-4-9(5-2)7-11-8(3)6-10/h8-9,11H,4-7H2,1-3H3. The second-order valence-electron chi connectivity index (χ2n) is 3.15. The fraction of sp³-hybridized carbons (Fsp3) is 1.00. The third-order valence-corrected chi connectivity index (χ3v) is 3.11. The molecule has 0 saturated heterocycles. The Hall–Kier alpha value is 0.440. The van der Waals surface area contributed by atoms with Crippen molar-refractivity contribution in [3.63, 3.8) is 0 Å². The molecule has 0 spiro atoms. The molecule has 0 fully saturated rings. The van der Waals surface area contributed by atoms with Crippen molar-refractivity contribution in [1.29, 1.82) is 0 Å². The first-order valence-corrected chi connectivity index (χ1v) is 5.66. The van der Waals surface area contributed by atoms with E-state index in [9.17, 15) is 0 Å². The normalized spacial score (nSPS) is 13.9. The van der Waals surface area contributed by atoms with Crippen LogP contribution in [0.25, 0.3) is 0 Å². The van der Waals surface area contributed by atoms with Crippen LogP contribution in [0.5, 0.6) is 0 Å². The molecule has 1 atom stereocenters. The number of halogens is 1. The molecule has 0 aliphatic carbocycles. The van der Waals surface area contributed by atoms with Gasteiger partial charge in [0.15, 0.2) is 0 Å². The summed E-state index contributed by atoms with van der Waals surface area (Å²) in [6, 6.07) is 0.607. The van der Waals surface area contributed by atoms with Gasteiger partial charge in [-0.1, -0.05) is 42.6 Å². The van der Waals surface area contributed by atoms with Crippen molar-refractivity contribution >= 4 is 15.9 Å². The van der Waals surface area contributed by atoms with Gasteiger partial charge < -0.3 is 5.32 Å². The van der Waals surface area contributed by atoms with Crippen LogP contribution >= 0.6 is 15.9 Å². The Balaban J connectivity index is 3.34. The van der Waals surface area contributed by atoms with Gasteiger partial charge in [-0.2, -0.15) is 0 Å². The summed E-state index contributed by atoms with van der Waals surface area (Å²) >= 11 is 3.45. The highest BCUT2D eigenvalue weighted by molar-refractivity contribution is 9.09. The SMILES string of the molecule is CCC(CC)CNC(C)CBr. The fourth-order valence-electron chi connectivity index (χ4n) is 1.000. The van der Waals surface area contributed by atoms with Gasteiger partial charge in [0, 0.05) is 11.4 Å². The minimum atomic E-state index is 0.607. The first-order chi connectivity index (χ1) is 5.24. The lowest BCUT2D eigenvalue weighted by Gasteiger charge is -2.16. The van der Waals surface area contributed by atoms with Gasteiger partial charge >= 0.3 is 0 Å². The summed E-state index contributed by atoms with van der Waals surface area (Å²) in [6.45, 7) is 7.89. The van der Waals surface area contributed by atoms with Crippen molar-refractivity contribution in [2.45, 2.75) is 39.7 Å². The van der Waals surface area contributed by atoms with Crippen LogP contribution < -0.4 is 5.32 Å². The van der Waals surface area contributed by atoms with Gasteiger partial charge in [-0.05, 0) is 19.4 Å². The molecule has 2 heteroatoms. The summed E-state index contributed by atoms with van der Waals surface area (Å²) in [7, 11) is 0. The number of nitrogens with one attached hydrogen (secondary N) is 1. The van der Waals surface area contributed by atoms with Crippen molar-refractivity contribution in [2.24, 2.45) is 5.92 Å². The van der Waals surface area contributed by atoms with Crippen LogP contribution in [0.4, 0.5) is 0 Å². The highest BCUT2D eigenvalue weighted by atomic mass is 79.9. The molecule has 0 aromatic heterocycles. The van der Waals surface area contributed by atoms with E-state index >= 15 is 0 Å². The fourth-order valence-corrected chi connectivity index (χ4v) is 1.23. The van der Waals surface area contributed by atoms with Crippen molar-refractivity contribution in [3.05, 3.63) is 0 Å². The van der Waals surface area contributed by atoms with Gasteiger partial charge in [-0.15, -0.1) is 0 Å². The van der Waals surface area contributed by atoms with Crippen LogP contribution in [-0.4, -0.2) is 17.9 Å². The van der Waals surface area contributed by atoms with Crippen molar-refractivity contribution < 1.29 is 0 Å². The lowest BCUT2D eigenvalue weighted by atomic mass is 10.0. The third kappa shape index (κ3) is 5.68. The minimum Gasteiger partial charge on any atom is -0.313 e. The largest absolute Gasteiger partial charge is 0.313 e. The van der Waals surface area contributed by atoms with Gasteiger partial charge in [0.1, 0.15) is 0 Å². The van der Waals surface area contributed by atoms with Crippen LogP contribution in [0.3, 0.4) is 0 Å². The number of hydrogen-bond donors (Lipinski definition) is 1. The van der Waals surface area contributed by atoms with Crippen LogP contribution in [0, 0.1) is 5.92 Å². The van der Waals surface area contributed by atoms with Gasteiger partial charge in [0.25, 0.3) is 0 Å². The Bertz CT molecular complexity index is 81.6. The topological polar surface area (TPSA) is 12.0 Å². The predicted octanol–water partition coefficient (Wildman–Crippen LogP) is 2.80. The maximum Gasteiger partial charge on any atom is 0.0183 e. The lowest BCUT2D eigenvalue weighted by Crippen LogP contribution is -2.31. The molecule has 1 N–H and O–H groups in total. The van der Waals surface area contributed by atoms with Crippen molar-refractivity contribution in [3.8, 4) is 0 Å². The Kier molecular flexibility index (Phi) is 7.39. The zero-order valence-electron chi connectivity index (χ0n) is 7.86. The van der Waals surface area contributed by atoms with Crippen molar-refractivity contribution in [2.75, 3.05) is 11.9 Å². The van der Waals surface area contributed by atoms with Gasteiger partial charge in [0.2, 0.25) is 0 Å². The van der Waals surface area contributed by atoms with E-state index in [-0.39, 0.29) is 0 Å². The molecule has 0 rings (SSSR count). The Morgan fingerprint density at radius 1 is 1.27 bits per heavy atom. The maximum atomic E-state index is 3.49. The maximum absolute atomic E-state index is 3.49. The lowest BCUT2D eigenvalue weighted by molar-refractivity contribution is 0.430. The molecule has 1 nitrogen and oxygen atoms in total. The van der Waals surface area contributed by atoms with Gasteiger partial charge in [0.05, 0.1) is 0 Å². The second-order valence-corrected chi connectivity index (χ2v) is 3.79. The monoisotopic (exact) mass is 221 g/mol. The quantitative estimate of drug-likeness (QED) is 0.681. The zero-order valence-corrected chi connectivity index (χ0v) is 9.45. The van der Waals surface area contributed by atoms with E-state index in [1.807, 2.05) is 0 Å². The third-order valence-electron chi connectivity index (χ3n) is 2.14. The number of hydrogen-bond acceptors (Lipinski definition) is 1. The first kappa shape index (κ1) is 11.4. The summed E-state index contributed by atoms with van der Waals surface area (Å²) < 4.78 is 0. The average Bonchev–Trinajstić information content (AvgIpc) is 2.06. The first-order valence-electron chi connectivity index (χ1n) is 4.53. The van der Waals surface area contributed by atoms with E-state index in [1.165, 1.54) is 19.4 Å². The summed E-state index contributed by atoms with van der Waals surface area (Å²) in [5, 5.41) is 4.54. The molecule has 68 valence electrons. The highest BCUT2D eigenvalue weighted by Gasteiger charge is 2.04. The van der Waals surface area contributed by atoms with Gasteiger partial charge in [-0.3, -0.25) is 0 Å². The molecule has 0 bridgehead atoms. The number of rotatable bonds is 6. The summed E-state index contributed by atoms with van der Waals surface area (Å²) in [6.07, 6.45) is 2.58. The molecule has 0 radical (unpaired) electrons. The summed E-state index contributed by atoms with van der Waals surface area (Å²) in [5.74, 6) is 0.858. The molecule has 1 unspecified atom stereocenters. The van der Waals surface area contributed by atoms with E-state index in [0.717, 1.165) is 11.2 Å². The second kappa shape index (κ2) is 7.11. The van der Waals surface area contributed by atoms with E-state index in [1.54, 1.807) is 0 Å². The number of alkyl halides is 1. The molecule has 0 aliphatic heterocycles. The molecule has 0 amide bonds. The molecule has 0 aromatic rings. The molecule has 0 aliphatic rings. The van der Waals surface area contributed by atoms with Crippen molar-refractivity contribution in [1.82, 2.24) is 5.32 Å². The predicted molar refractivity (Wildman–Crippen MR) is 55.3 cm³/mol. The smallest absolute Gasteiger partial charge is 0.0183 e. The van der Waals surface area contributed by atoms with Gasteiger partial charge in [-0.25, -0.2) is 0 Å². The average molecular weight is 222 g/mol. The van der Waals surface area contributed by atoms with Crippen LogP contribution in [0.1, 0.15) is 33.6 Å². The summed E-state index contributed by atoms with van der Waals surface area (Å²) in [4.78, 5) is 0. The Morgan fingerprint density at radius 2 is 1.82 bits per heavy atom. The Morgan fingerprint density at radius 3 is 2.18 bits per heavy atom. The van der Waals surface area contributed by atoms with E-state index < -0.39 is 0 Å². The Labute approximate surface area is 79.1 Å². The molecule has 0 saturated carbocycles. The van der Waals surface area contributed by atoms with Crippen LogP contribution in [-0.2, 0) is 0 Å². The zero-order chi connectivity index (χ0) is 8.69. The molecule has 0 heterocycles. The minimum absolute atomic E-state index is 0.607. The molecule has 11 heavy (non-hydrogen) atoms. The van der Waals surface area contributed by atoms with E-state index in [4.69, 9.17) is 0 Å². The van der Waals surface area contributed by atoms with E-state index in [0.29, 0.717) is 6.04 Å². The molecular formula is C9H20BrN. The van der Waals surface area contributed by atoms with Crippen LogP contribution in [0.15, 0.2) is 0 Å². The molecule has 0 aromatic carbocycles.